The quantitative estimate of drug-likeness (QED) is 0.669. The van der Waals surface area contributed by atoms with Gasteiger partial charge >= 0.3 is 0 Å². The van der Waals surface area contributed by atoms with Crippen molar-refractivity contribution in [2.24, 2.45) is 7.05 Å². The molecule has 0 fully saturated rings. The number of aromatic nitrogens is 3. The Balaban J connectivity index is 1.60. The molecule has 0 bridgehead atoms. The van der Waals surface area contributed by atoms with Crippen molar-refractivity contribution in [2.75, 3.05) is 7.11 Å². The highest BCUT2D eigenvalue weighted by molar-refractivity contribution is 5.43. The molecule has 26 heavy (non-hydrogen) atoms. The molecule has 0 unspecified atom stereocenters. The summed E-state index contributed by atoms with van der Waals surface area (Å²) in [5.41, 5.74) is 4.08. The molecule has 0 amide bonds. The van der Waals surface area contributed by atoms with Crippen LogP contribution >= 0.6 is 0 Å². The van der Waals surface area contributed by atoms with Crippen LogP contribution in [0.2, 0.25) is 0 Å². The van der Waals surface area contributed by atoms with Crippen molar-refractivity contribution in [3.63, 3.8) is 0 Å². The Morgan fingerprint density at radius 3 is 2.62 bits per heavy atom. The van der Waals surface area contributed by atoms with Crippen molar-refractivity contribution >= 4 is 0 Å². The van der Waals surface area contributed by atoms with E-state index in [1.165, 1.54) is 0 Å². The molecule has 0 atom stereocenters. The van der Waals surface area contributed by atoms with E-state index < -0.39 is 0 Å². The van der Waals surface area contributed by atoms with Crippen molar-refractivity contribution in [3.05, 3.63) is 58.7 Å². The lowest BCUT2D eigenvalue weighted by atomic mass is 10.2. The summed E-state index contributed by atoms with van der Waals surface area (Å²) in [5.74, 6) is 2.18. The van der Waals surface area contributed by atoms with Gasteiger partial charge < -0.3 is 19.3 Å². The highest BCUT2D eigenvalue weighted by Crippen LogP contribution is 2.29. The Morgan fingerprint density at radius 1 is 1.15 bits per heavy atom. The van der Waals surface area contributed by atoms with Crippen LogP contribution in [0.5, 0.6) is 11.5 Å². The SMILES string of the molecule is COc1cc(CNCc2cnn(C)c2)ccc1OCc1c(C)noc1C. The van der Waals surface area contributed by atoms with Gasteiger partial charge in [0.1, 0.15) is 12.4 Å². The highest BCUT2D eigenvalue weighted by Gasteiger charge is 2.12. The molecule has 0 spiro atoms. The molecule has 0 radical (unpaired) electrons. The van der Waals surface area contributed by atoms with Gasteiger partial charge in [0.05, 0.1) is 24.6 Å². The van der Waals surface area contributed by atoms with Crippen LogP contribution in [0.1, 0.15) is 28.1 Å². The van der Waals surface area contributed by atoms with E-state index in [1.807, 2.05) is 51.5 Å². The molecule has 0 saturated heterocycles. The molecule has 7 nitrogen and oxygen atoms in total. The van der Waals surface area contributed by atoms with E-state index in [9.17, 15) is 0 Å². The largest absolute Gasteiger partial charge is 0.493 e. The van der Waals surface area contributed by atoms with Gasteiger partial charge in [-0.15, -0.1) is 0 Å². The molecule has 1 N–H and O–H groups in total. The first kappa shape index (κ1) is 18.0. The second-order valence-corrected chi connectivity index (χ2v) is 6.20. The fourth-order valence-electron chi connectivity index (χ4n) is 2.71. The van der Waals surface area contributed by atoms with Gasteiger partial charge in [-0.3, -0.25) is 4.68 Å². The second-order valence-electron chi connectivity index (χ2n) is 6.20. The minimum absolute atomic E-state index is 0.399. The Morgan fingerprint density at radius 2 is 1.96 bits per heavy atom. The van der Waals surface area contributed by atoms with Crippen LogP contribution in [0, 0.1) is 13.8 Å². The van der Waals surface area contributed by atoms with Gasteiger partial charge in [0.15, 0.2) is 11.5 Å². The third-order valence-electron chi connectivity index (χ3n) is 4.20. The number of benzene rings is 1. The van der Waals surface area contributed by atoms with E-state index in [0.717, 1.165) is 41.2 Å². The summed E-state index contributed by atoms with van der Waals surface area (Å²) >= 11 is 0. The van der Waals surface area contributed by atoms with E-state index in [0.29, 0.717) is 18.1 Å². The van der Waals surface area contributed by atoms with Gasteiger partial charge in [0.2, 0.25) is 0 Å². The fraction of sp³-hybridized carbons (Fsp3) is 0.368. The molecule has 0 saturated carbocycles. The maximum absolute atomic E-state index is 5.91. The zero-order chi connectivity index (χ0) is 18.5. The average Bonchev–Trinajstić information content (AvgIpc) is 3.19. The Kier molecular flexibility index (Phi) is 5.58. The minimum atomic E-state index is 0.399. The molecule has 1 aromatic carbocycles. The van der Waals surface area contributed by atoms with Crippen LogP contribution in [0.15, 0.2) is 35.1 Å². The highest BCUT2D eigenvalue weighted by atomic mass is 16.5. The summed E-state index contributed by atoms with van der Waals surface area (Å²) in [5, 5.41) is 11.5. The van der Waals surface area contributed by atoms with Crippen LogP contribution in [0.4, 0.5) is 0 Å². The maximum Gasteiger partial charge on any atom is 0.161 e. The lowest BCUT2D eigenvalue weighted by Gasteiger charge is -2.12. The first-order valence-electron chi connectivity index (χ1n) is 8.46. The smallest absolute Gasteiger partial charge is 0.161 e. The van der Waals surface area contributed by atoms with E-state index in [1.54, 1.807) is 11.8 Å². The van der Waals surface area contributed by atoms with Gasteiger partial charge in [0, 0.05) is 31.9 Å². The third kappa shape index (κ3) is 4.23. The number of ether oxygens (including phenoxy) is 2. The predicted octanol–water partition coefficient (Wildman–Crippen LogP) is 2.90. The normalized spacial score (nSPS) is 10.9. The number of hydrogen-bond donors (Lipinski definition) is 1. The summed E-state index contributed by atoms with van der Waals surface area (Å²) in [7, 11) is 3.56. The molecule has 2 aromatic heterocycles. The molecule has 138 valence electrons. The number of rotatable bonds is 8. The molecule has 0 aliphatic rings. The Labute approximate surface area is 152 Å². The molecular formula is C19H24N4O3. The predicted molar refractivity (Wildman–Crippen MR) is 97.1 cm³/mol. The lowest BCUT2D eigenvalue weighted by Crippen LogP contribution is -2.12. The van der Waals surface area contributed by atoms with E-state index >= 15 is 0 Å². The van der Waals surface area contributed by atoms with Crippen molar-refractivity contribution in [3.8, 4) is 11.5 Å². The van der Waals surface area contributed by atoms with Gasteiger partial charge in [-0.05, 0) is 31.5 Å². The molecular weight excluding hydrogens is 332 g/mol. The monoisotopic (exact) mass is 356 g/mol. The molecule has 0 aliphatic carbocycles. The van der Waals surface area contributed by atoms with Crippen molar-refractivity contribution in [1.29, 1.82) is 0 Å². The van der Waals surface area contributed by atoms with E-state index in [4.69, 9.17) is 14.0 Å². The number of hydrogen-bond acceptors (Lipinski definition) is 6. The second kappa shape index (κ2) is 8.05. The van der Waals surface area contributed by atoms with Crippen LogP contribution in [-0.2, 0) is 26.7 Å². The standard InChI is InChI=1S/C19H24N4O3/c1-13-17(14(2)26-22-13)12-25-18-6-5-15(7-19(18)24-4)8-20-9-16-10-21-23(3)11-16/h5-7,10-11,20H,8-9,12H2,1-4H3. The van der Waals surface area contributed by atoms with Gasteiger partial charge in [-0.25, -0.2) is 0 Å². The van der Waals surface area contributed by atoms with Crippen LogP contribution < -0.4 is 14.8 Å². The fourth-order valence-corrected chi connectivity index (χ4v) is 2.71. The first-order valence-corrected chi connectivity index (χ1v) is 8.46. The van der Waals surface area contributed by atoms with Gasteiger partial charge in [-0.2, -0.15) is 5.10 Å². The van der Waals surface area contributed by atoms with Crippen LogP contribution in [0.3, 0.4) is 0 Å². The van der Waals surface area contributed by atoms with Crippen molar-refractivity contribution < 1.29 is 14.0 Å². The molecule has 7 heteroatoms. The molecule has 3 rings (SSSR count). The molecule has 0 aliphatic heterocycles. The number of nitrogens with one attached hydrogen (secondary N) is 1. The van der Waals surface area contributed by atoms with Gasteiger partial charge in [0.25, 0.3) is 0 Å². The zero-order valence-corrected chi connectivity index (χ0v) is 15.6. The van der Waals surface area contributed by atoms with Crippen molar-refractivity contribution in [2.45, 2.75) is 33.5 Å². The topological polar surface area (TPSA) is 74.3 Å². The number of methoxy groups -OCH3 is 1. The van der Waals surface area contributed by atoms with Crippen molar-refractivity contribution in [1.82, 2.24) is 20.3 Å². The molecule has 2 heterocycles. The van der Waals surface area contributed by atoms with Gasteiger partial charge in [-0.1, -0.05) is 11.2 Å². The van der Waals surface area contributed by atoms with Crippen LogP contribution in [0.25, 0.3) is 0 Å². The maximum atomic E-state index is 5.91. The van der Waals surface area contributed by atoms with E-state index in [-0.39, 0.29) is 0 Å². The lowest BCUT2D eigenvalue weighted by molar-refractivity contribution is 0.281. The number of aryl methyl sites for hydroxylation is 3. The Hall–Kier alpha value is -2.80. The minimum Gasteiger partial charge on any atom is -0.493 e. The first-order chi connectivity index (χ1) is 12.6. The van der Waals surface area contributed by atoms with Crippen LogP contribution in [-0.4, -0.2) is 22.0 Å². The zero-order valence-electron chi connectivity index (χ0n) is 15.6. The number of nitrogens with zero attached hydrogens (tertiary/aromatic N) is 3. The molecule has 3 aromatic rings. The summed E-state index contributed by atoms with van der Waals surface area (Å²) in [4.78, 5) is 0. The summed E-state index contributed by atoms with van der Waals surface area (Å²) < 4.78 is 18.4. The summed E-state index contributed by atoms with van der Waals surface area (Å²) in [6.07, 6.45) is 3.86. The Bertz CT molecular complexity index is 850. The summed E-state index contributed by atoms with van der Waals surface area (Å²) in [6.45, 7) is 5.68. The average molecular weight is 356 g/mol. The third-order valence-corrected chi connectivity index (χ3v) is 4.20. The van der Waals surface area contributed by atoms with E-state index in [2.05, 4.69) is 15.6 Å². The summed E-state index contributed by atoms with van der Waals surface area (Å²) in [6, 6.07) is 5.94.